The maximum atomic E-state index is 12.8. The maximum Gasteiger partial charge on any atom is 0.416 e. The van der Waals surface area contributed by atoms with Gasteiger partial charge in [0.2, 0.25) is 0 Å². The number of unbranched alkanes of at least 4 members (excludes halogenated alkanes) is 1. The lowest BCUT2D eigenvalue weighted by atomic mass is 9.90. The monoisotopic (exact) mass is 492 g/mol. The summed E-state index contributed by atoms with van der Waals surface area (Å²) < 4.78 is 54.0. The standard InChI is InChI=1S/C26H32BF3O5/c1-18(2)34-25(32)14-6-4-3-5-12-21-22(24(35-27)17-23(21)31)13-7-8-15-33-20-11-9-10-19(16-20)26(28,29)30/h3,5,7,9-11,13,16,18,21-22,24H,4,6,8,12,14-15,17H2,1-2H3/b5-3-,13-7+/t21-,22-,24?/m1/s1. The zero-order valence-corrected chi connectivity index (χ0v) is 20.1. The Balaban J connectivity index is 1.81. The van der Waals surface area contributed by atoms with Crippen molar-refractivity contribution in [3.63, 3.8) is 0 Å². The van der Waals surface area contributed by atoms with Crippen LogP contribution in [-0.4, -0.2) is 38.6 Å². The molecule has 0 amide bonds. The summed E-state index contributed by atoms with van der Waals surface area (Å²) in [5.74, 6) is -0.476. The molecule has 0 aliphatic heterocycles. The van der Waals surface area contributed by atoms with Gasteiger partial charge in [0, 0.05) is 24.7 Å². The second-order valence-corrected chi connectivity index (χ2v) is 8.76. The van der Waals surface area contributed by atoms with Crippen molar-refractivity contribution in [1.29, 1.82) is 0 Å². The Hall–Kier alpha value is -2.55. The summed E-state index contributed by atoms with van der Waals surface area (Å²) in [6, 6.07) is 4.73. The van der Waals surface area contributed by atoms with E-state index in [0.717, 1.165) is 12.1 Å². The summed E-state index contributed by atoms with van der Waals surface area (Å²) in [7, 11) is 5.40. The molecule has 0 aromatic heterocycles. The van der Waals surface area contributed by atoms with E-state index in [4.69, 9.17) is 22.2 Å². The molecule has 35 heavy (non-hydrogen) atoms. The van der Waals surface area contributed by atoms with Crippen molar-refractivity contribution >= 4 is 19.8 Å². The minimum absolute atomic E-state index is 0.0699. The fourth-order valence-corrected chi connectivity index (χ4v) is 3.95. The summed E-state index contributed by atoms with van der Waals surface area (Å²) in [4.78, 5) is 24.0. The summed E-state index contributed by atoms with van der Waals surface area (Å²) in [6.45, 7) is 3.81. The molecule has 1 unspecified atom stereocenters. The number of esters is 1. The predicted octanol–water partition coefficient (Wildman–Crippen LogP) is 5.77. The highest BCUT2D eigenvalue weighted by atomic mass is 19.4. The van der Waals surface area contributed by atoms with E-state index in [1.807, 2.05) is 38.2 Å². The number of carbonyl (C=O) groups is 2. The third kappa shape index (κ3) is 9.92. The van der Waals surface area contributed by atoms with Crippen molar-refractivity contribution in [3.8, 4) is 5.75 Å². The van der Waals surface area contributed by atoms with Gasteiger partial charge in [0.15, 0.2) is 0 Å². The van der Waals surface area contributed by atoms with Crippen LogP contribution in [0.2, 0.25) is 0 Å². The van der Waals surface area contributed by atoms with Crippen LogP contribution >= 0.6 is 0 Å². The molecule has 1 fully saturated rings. The third-order valence-electron chi connectivity index (χ3n) is 5.63. The Bertz CT molecular complexity index is 882. The molecule has 2 radical (unpaired) electrons. The van der Waals surface area contributed by atoms with Crippen LogP contribution in [-0.2, 0) is 25.2 Å². The maximum absolute atomic E-state index is 12.8. The normalized spacial score (nSPS) is 20.9. The van der Waals surface area contributed by atoms with E-state index in [2.05, 4.69) is 0 Å². The van der Waals surface area contributed by atoms with Gasteiger partial charge in [-0.05, 0) is 57.7 Å². The van der Waals surface area contributed by atoms with Crippen LogP contribution in [0.25, 0.3) is 0 Å². The van der Waals surface area contributed by atoms with Crippen molar-refractivity contribution in [3.05, 3.63) is 54.1 Å². The van der Waals surface area contributed by atoms with Gasteiger partial charge in [-0.1, -0.05) is 30.4 Å². The first-order chi connectivity index (χ1) is 16.6. The fourth-order valence-electron chi connectivity index (χ4n) is 3.95. The molecule has 0 heterocycles. The van der Waals surface area contributed by atoms with Crippen LogP contribution in [0.5, 0.6) is 5.75 Å². The third-order valence-corrected chi connectivity index (χ3v) is 5.63. The summed E-state index contributed by atoms with van der Waals surface area (Å²) in [5.41, 5.74) is -0.760. The van der Waals surface area contributed by atoms with Gasteiger partial charge in [0.25, 0.3) is 8.05 Å². The highest BCUT2D eigenvalue weighted by Gasteiger charge is 2.39. The van der Waals surface area contributed by atoms with E-state index in [0.29, 0.717) is 32.1 Å². The molecule has 2 rings (SSSR count). The molecule has 0 spiro atoms. The minimum atomic E-state index is -4.42. The molecule has 0 saturated heterocycles. The van der Waals surface area contributed by atoms with Gasteiger partial charge in [0.1, 0.15) is 11.5 Å². The van der Waals surface area contributed by atoms with E-state index < -0.39 is 17.8 Å². The molecule has 1 aliphatic rings. The van der Waals surface area contributed by atoms with Crippen molar-refractivity contribution < 1.29 is 36.9 Å². The number of Topliss-reactive ketones (excluding diaryl/α,β-unsaturated/α-hetero) is 1. The van der Waals surface area contributed by atoms with Crippen molar-refractivity contribution in [2.45, 2.75) is 70.8 Å². The smallest absolute Gasteiger partial charge is 0.416 e. The fraction of sp³-hybridized carbons (Fsp3) is 0.538. The van der Waals surface area contributed by atoms with E-state index in [1.54, 1.807) is 0 Å². The van der Waals surface area contributed by atoms with Crippen molar-refractivity contribution in [2.75, 3.05) is 6.61 Å². The van der Waals surface area contributed by atoms with Crippen LogP contribution in [0.4, 0.5) is 13.2 Å². The number of allylic oxidation sites excluding steroid dienone is 2. The van der Waals surface area contributed by atoms with E-state index >= 15 is 0 Å². The number of carbonyl (C=O) groups excluding carboxylic acids is 2. The number of ketones is 1. The SMILES string of the molecule is [B]OC1CC(=O)[C@H](C/C=C\CCCC(=O)OC(C)C)[C@H]1/C=C/CCOc1cccc(C(F)(F)F)c1. The highest BCUT2D eigenvalue weighted by molar-refractivity contribution is 5.98. The lowest BCUT2D eigenvalue weighted by Gasteiger charge is -2.19. The van der Waals surface area contributed by atoms with Crippen LogP contribution in [0.15, 0.2) is 48.6 Å². The average molecular weight is 492 g/mol. The van der Waals surface area contributed by atoms with E-state index in [1.165, 1.54) is 12.1 Å². The molecule has 9 heteroatoms. The number of benzene rings is 1. The number of alkyl halides is 3. The molecule has 0 N–H and O–H groups in total. The first-order valence-electron chi connectivity index (χ1n) is 11.8. The largest absolute Gasteiger partial charge is 0.493 e. The van der Waals surface area contributed by atoms with Gasteiger partial charge >= 0.3 is 12.1 Å². The second-order valence-electron chi connectivity index (χ2n) is 8.76. The first-order valence-corrected chi connectivity index (χ1v) is 11.8. The van der Waals surface area contributed by atoms with E-state index in [-0.39, 0.29) is 48.5 Å². The van der Waals surface area contributed by atoms with Crippen molar-refractivity contribution in [2.24, 2.45) is 11.8 Å². The molecule has 1 aliphatic carbocycles. The Kier molecular flexibility index (Phi) is 11.6. The Labute approximate surface area is 206 Å². The second kappa shape index (κ2) is 14.1. The van der Waals surface area contributed by atoms with Crippen LogP contribution < -0.4 is 4.74 Å². The lowest BCUT2D eigenvalue weighted by molar-refractivity contribution is -0.147. The number of hydrogen-bond donors (Lipinski definition) is 0. The number of halogens is 3. The minimum Gasteiger partial charge on any atom is -0.493 e. The zero-order valence-electron chi connectivity index (χ0n) is 20.1. The molecule has 3 atom stereocenters. The Morgan fingerprint density at radius 2 is 1.97 bits per heavy atom. The topological polar surface area (TPSA) is 61.8 Å². The average Bonchev–Trinajstić information content (AvgIpc) is 3.09. The molecular weight excluding hydrogens is 460 g/mol. The zero-order chi connectivity index (χ0) is 25.8. The Morgan fingerprint density at radius 1 is 1.20 bits per heavy atom. The molecule has 5 nitrogen and oxygen atoms in total. The lowest BCUT2D eigenvalue weighted by Crippen LogP contribution is -2.20. The molecule has 1 aromatic rings. The van der Waals surface area contributed by atoms with Crippen LogP contribution in [0.3, 0.4) is 0 Å². The quantitative estimate of drug-likeness (QED) is 0.151. The molecular formula is C26H32BF3O5. The van der Waals surface area contributed by atoms with Crippen LogP contribution in [0.1, 0.15) is 57.9 Å². The van der Waals surface area contributed by atoms with Gasteiger partial charge in [-0.2, -0.15) is 13.2 Å². The summed E-state index contributed by atoms with van der Waals surface area (Å²) >= 11 is 0. The Morgan fingerprint density at radius 3 is 2.66 bits per heavy atom. The van der Waals surface area contributed by atoms with Crippen LogP contribution in [0, 0.1) is 11.8 Å². The van der Waals surface area contributed by atoms with Gasteiger partial charge in [-0.15, -0.1) is 0 Å². The van der Waals surface area contributed by atoms with Crippen molar-refractivity contribution in [1.82, 2.24) is 0 Å². The first kappa shape index (κ1) is 28.7. The molecule has 190 valence electrons. The summed E-state index contributed by atoms with van der Waals surface area (Å²) in [5, 5.41) is 0. The number of rotatable bonds is 13. The number of ether oxygens (including phenoxy) is 2. The van der Waals surface area contributed by atoms with Gasteiger partial charge in [-0.3, -0.25) is 9.59 Å². The number of hydrogen-bond acceptors (Lipinski definition) is 5. The predicted molar refractivity (Wildman–Crippen MR) is 127 cm³/mol. The van der Waals surface area contributed by atoms with E-state index in [9.17, 15) is 22.8 Å². The van der Waals surface area contributed by atoms with Gasteiger partial charge in [0.05, 0.1) is 24.4 Å². The van der Waals surface area contributed by atoms with Gasteiger partial charge < -0.3 is 14.1 Å². The highest BCUT2D eigenvalue weighted by Crippen LogP contribution is 2.35. The molecule has 1 aromatic carbocycles. The van der Waals surface area contributed by atoms with Gasteiger partial charge in [-0.25, -0.2) is 0 Å². The summed E-state index contributed by atoms with van der Waals surface area (Å²) in [6.07, 6.45) is 5.57. The molecule has 1 saturated carbocycles. The molecule has 0 bridgehead atoms.